The summed E-state index contributed by atoms with van der Waals surface area (Å²) in [5.74, 6) is 0.118. The van der Waals surface area contributed by atoms with E-state index in [-0.39, 0.29) is 17.4 Å². The largest absolute Gasteiger partial charge is 0.392 e. The molecule has 1 saturated heterocycles. The third-order valence-corrected chi connectivity index (χ3v) is 7.76. The maximum absolute atomic E-state index is 11.5. The fraction of sp³-hybridized carbons (Fsp3) is 0.500. The fourth-order valence-electron chi connectivity index (χ4n) is 5.28. The maximum atomic E-state index is 11.5. The van der Waals surface area contributed by atoms with E-state index in [9.17, 15) is 13.5 Å². The summed E-state index contributed by atoms with van der Waals surface area (Å²) in [5, 5.41) is 16.3. The van der Waals surface area contributed by atoms with Crippen LogP contribution in [0, 0.1) is 11.3 Å². The van der Waals surface area contributed by atoms with Crippen molar-refractivity contribution in [2.75, 3.05) is 13.1 Å². The molecule has 0 radical (unpaired) electrons. The first-order valence-electron chi connectivity index (χ1n) is 8.98. The van der Waals surface area contributed by atoms with Crippen LogP contribution in [0.25, 0.3) is 11.3 Å². The molecule has 1 spiro atoms. The molecule has 0 bridgehead atoms. The first-order valence-corrected chi connectivity index (χ1v) is 10.5. The second kappa shape index (κ2) is 5.39. The molecule has 3 heterocycles. The molecule has 7 nitrogen and oxygen atoms in total. The number of benzene rings is 1. The Labute approximate surface area is 152 Å². The molecule has 2 aliphatic heterocycles. The quantitative estimate of drug-likeness (QED) is 0.822. The minimum absolute atomic E-state index is 0.0978. The highest BCUT2D eigenvalue weighted by Crippen LogP contribution is 2.59. The van der Waals surface area contributed by atoms with Crippen LogP contribution in [0.3, 0.4) is 0 Å². The summed E-state index contributed by atoms with van der Waals surface area (Å²) in [4.78, 5) is 4.29. The number of rotatable bonds is 2. The van der Waals surface area contributed by atoms with Crippen molar-refractivity contribution in [3.63, 3.8) is 0 Å². The highest BCUT2D eigenvalue weighted by Gasteiger charge is 2.58. The van der Waals surface area contributed by atoms with E-state index in [0.717, 1.165) is 12.1 Å². The van der Waals surface area contributed by atoms with E-state index in [0.29, 0.717) is 25.9 Å². The minimum atomic E-state index is -3.64. The minimum Gasteiger partial charge on any atom is -0.392 e. The van der Waals surface area contributed by atoms with Crippen molar-refractivity contribution in [1.29, 1.82) is 0 Å². The molecule has 2 aromatic rings. The first-order chi connectivity index (χ1) is 12.4. The molecule has 2 fully saturated rings. The van der Waals surface area contributed by atoms with Gasteiger partial charge in [0.05, 0.1) is 30.4 Å². The predicted molar refractivity (Wildman–Crippen MR) is 96.3 cm³/mol. The Hall–Kier alpha value is -1.74. The number of hydrogen-bond acceptors (Lipinski definition) is 4. The molecule has 3 atom stereocenters. The van der Waals surface area contributed by atoms with Gasteiger partial charge in [-0.05, 0) is 30.2 Å². The Morgan fingerprint density at radius 2 is 1.96 bits per heavy atom. The van der Waals surface area contributed by atoms with Gasteiger partial charge in [0, 0.05) is 24.6 Å². The number of aromatic nitrogens is 2. The van der Waals surface area contributed by atoms with Crippen LogP contribution >= 0.6 is 0 Å². The van der Waals surface area contributed by atoms with Crippen LogP contribution in [-0.4, -0.2) is 46.6 Å². The topological polar surface area (TPSA) is 101 Å². The number of piperidine rings is 1. The van der Waals surface area contributed by atoms with E-state index in [1.54, 1.807) is 0 Å². The van der Waals surface area contributed by atoms with Gasteiger partial charge in [-0.3, -0.25) is 0 Å². The van der Waals surface area contributed by atoms with E-state index in [4.69, 9.17) is 5.14 Å². The maximum Gasteiger partial charge on any atom is 0.276 e. The molecule has 0 amide bonds. The van der Waals surface area contributed by atoms with Gasteiger partial charge in [-0.25, -0.2) is 10.1 Å². The molecule has 1 aliphatic carbocycles. The van der Waals surface area contributed by atoms with Crippen molar-refractivity contribution in [1.82, 2.24) is 13.9 Å². The zero-order valence-electron chi connectivity index (χ0n) is 14.3. The molecule has 1 aromatic heterocycles. The van der Waals surface area contributed by atoms with E-state index in [2.05, 4.69) is 21.7 Å². The van der Waals surface area contributed by atoms with Gasteiger partial charge in [0.1, 0.15) is 0 Å². The zero-order chi connectivity index (χ0) is 18.1. The molecule has 0 unspecified atom stereocenters. The molecule has 8 heteroatoms. The zero-order valence-corrected chi connectivity index (χ0v) is 15.1. The van der Waals surface area contributed by atoms with Crippen molar-refractivity contribution in [3.8, 4) is 11.3 Å². The van der Waals surface area contributed by atoms with Crippen LogP contribution < -0.4 is 5.14 Å². The lowest BCUT2D eigenvalue weighted by atomic mass is 9.53. The summed E-state index contributed by atoms with van der Waals surface area (Å²) in [6, 6.07) is 8.40. The first kappa shape index (κ1) is 16.4. The predicted octanol–water partition coefficient (Wildman–Crippen LogP) is 1.12. The van der Waals surface area contributed by atoms with Crippen molar-refractivity contribution in [2.45, 2.75) is 31.4 Å². The molecule has 3 N–H and O–H groups in total. The lowest BCUT2D eigenvalue weighted by molar-refractivity contribution is -0.152. The molecular formula is C18H22N4O3S. The van der Waals surface area contributed by atoms with Gasteiger partial charge in [-0.1, -0.05) is 24.3 Å². The lowest BCUT2D eigenvalue weighted by Gasteiger charge is -2.57. The van der Waals surface area contributed by atoms with Crippen molar-refractivity contribution >= 4 is 10.2 Å². The van der Waals surface area contributed by atoms with Crippen LogP contribution in [0.5, 0.6) is 0 Å². The van der Waals surface area contributed by atoms with Crippen molar-refractivity contribution < 1.29 is 13.5 Å². The average Bonchev–Trinajstić information content (AvgIpc) is 3.20. The molecule has 3 aliphatic rings. The van der Waals surface area contributed by atoms with Gasteiger partial charge >= 0.3 is 0 Å². The van der Waals surface area contributed by atoms with Crippen molar-refractivity contribution in [3.05, 3.63) is 42.4 Å². The molecule has 1 aromatic carbocycles. The van der Waals surface area contributed by atoms with Crippen LogP contribution in [0.4, 0.5) is 0 Å². The van der Waals surface area contributed by atoms with E-state index < -0.39 is 16.3 Å². The Morgan fingerprint density at radius 1 is 1.23 bits per heavy atom. The number of nitrogens with zero attached hydrogens (tertiary/aromatic N) is 3. The summed E-state index contributed by atoms with van der Waals surface area (Å²) < 4.78 is 26.6. The van der Waals surface area contributed by atoms with Crippen LogP contribution in [-0.2, 0) is 10.2 Å². The number of hydrogen-bond donors (Lipinski definition) is 2. The second-order valence-corrected chi connectivity index (χ2v) is 9.38. The number of imidazole rings is 1. The van der Waals surface area contributed by atoms with Gasteiger partial charge in [0.25, 0.3) is 10.2 Å². The van der Waals surface area contributed by atoms with E-state index in [1.807, 2.05) is 24.7 Å². The third-order valence-electron chi connectivity index (χ3n) is 6.68. The molecule has 1 saturated carbocycles. The summed E-state index contributed by atoms with van der Waals surface area (Å²) in [6.45, 7) is 0.778. The summed E-state index contributed by atoms with van der Waals surface area (Å²) >= 11 is 0. The summed E-state index contributed by atoms with van der Waals surface area (Å²) in [7, 11) is -3.64. The molecule has 138 valence electrons. The Kier molecular flexibility index (Phi) is 3.40. The highest BCUT2D eigenvalue weighted by atomic mass is 32.2. The summed E-state index contributed by atoms with van der Waals surface area (Å²) in [6.07, 6.45) is 5.49. The van der Waals surface area contributed by atoms with Gasteiger partial charge in [0.15, 0.2) is 0 Å². The second-order valence-electron chi connectivity index (χ2n) is 7.84. The standard InChI is InChI=1S/C18H22N4O3S/c19-26(24,25)21-7-5-18(6-8-21)9-14(17(18)23)16-13-4-2-1-3-12(13)15-10-20-11-22(15)16/h1-4,10-11,14,16-17,23H,5-9H2,(H2,19,24,25)/t14-,16+,17-/m1/s1. The van der Waals surface area contributed by atoms with E-state index in [1.165, 1.54) is 15.4 Å². The number of fused-ring (bicyclic) bond motifs is 3. The summed E-state index contributed by atoms with van der Waals surface area (Å²) in [5.41, 5.74) is 3.34. The number of aliphatic hydroxyl groups is 1. The SMILES string of the molecule is NS(=O)(=O)N1CCC2(CC1)C[C@H]([C@@H]1c3ccccc3-c3cncn31)[C@H]2O. The molecule has 5 rings (SSSR count). The van der Waals surface area contributed by atoms with Gasteiger partial charge < -0.3 is 9.67 Å². The van der Waals surface area contributed by atoms with Crippen molar-refractivity contribution in [2.24, 2.45) is 16.5 Å². The van der Waals surface area contributed by atoms with Crippen LogP contribution in [0.15, 0.2) is 36.8 Å². The lowest BCUT2D eigenvalue weighted by Crippen LogP contribution is -2.60. The van der Waals surface area contributed by atoms with Gasteiger partial charge in [0.2, 0.25) is 0 Å². The smallest absolute Gasteiger partial charge is 0.276 e. The van der Waals surface area contributed by atoms with Crippen LogP contribution in [0.2, 0.25) is 0 Å². The monoisotopic (exact) mass is 374 g/mol. The molecular weight excluding hydrogens is 352 g/mol. The van der Waals surface area contributed by atoms with Gasteiger partial charge in [-0.15, -0.1) is 0 Å². The Bertz CT molecular complexity index is 962. The Balaban J connectivity index is 1.40. The Morgan fingerprint density at radius 3 is 2.65 bits per heavy atom. The normalized spacial score (nSPS) is 30.0. The van der Waals surface area contributed by atoms with Gasteiger partial charge in [-0.2, -0.15) is 12.7 Å². The number of nitrogens with two attached hydrogens (primary N) is 1. The number of aliphatic hydroxyl groups excluding tert-OH is 1. The highest BCUT2D eigenvalue weighted by molar-refractivity contribution is 7.86. The average molecular weight is 374 g/mol. The van der Waals surface area contributed by atoms with E-state index >= 15 is 0 Å². The van der Waals surface area contributed by atoms with Crippen LogP contribution in [0.1, 0.15) is 30.9 Å². The third kappa shape index (κ3) is 2.16. The fourth-order valence-corrected chi connectivity index (χ4v) is 5.97. The molecule has 26 heavy (non-hydrogen) atoms.